The second kappa shape index (κ2) is 12.0. The highest BCUT2D eigenvalue weighted by atomic mass is 16.3. The molecule has 0 bridgehead atoms. The van der Waals surface area contributed by atoms with E-state index in [1.54, 1.807) is 13.8 Å². The molecule has 9 nitrogen and oxygen atoms in total. The van der Waals surface area contributed by atoms with Crippen LogP contribution in [-0.2, 0) is 19.2 Å². The van der Waals surface area contributed by atoms with Gasteiger partial charge < -0.3 is 26.0 Å². The molecule has 36 heavy (non-hydrogen) atoms. The minimum Gasteiger partial charge on any atom is -0.381 e. The minimum absolute atomic E-state index is 0.103. The Labute approximate surface area is 214 Å². The van der Waals surface area contributed by atoms with Gasteiger partial charge in [0.1, 0.15) is 12.1 Å². The normalized spacial score (nSPS) is 23.9. The monoisotopic (exact) mass is 502 g/mol. The number of allylic oxidation sites excluding steroid dienone is 1. The maximum atomic E-state index is 13.7. The Balaban J connectivity index is 1.79. The van der Waals surface area contributed by atoms with Crippen molar-refractivity contribution in [2.45, 2.75) is 96.5 Å². The smallest absolute Gasteiger partial charge is 0.251 e. The van der Waals surface area contributed by atoms with Crippen molar-refractivity contribution in [3.63, 3.8) is 0 Å². The van der Waals surface area contributed by atoms with Crippen LogP contribution in [0.5, 0.6) is 0 Å². The Morgan fingerprint density at radius 3 is 2.22 bits per heavy atom. The van der Waals surface area contributed by atoms with Gasteiger partial charge in [0.15, 0.2) is 6.10 Å². The van der Waals surface area contributed by atoms with Crippen molar-refractivity contribution in [3.8, 4) is 0 Å². The topological polar surface area (TPSA) is 128 Å². The molecule has 3 aliphatic rings. The largest absolute Gasteiger partial charge is 0.381 e. The van der Waals surface area contributed by atoms with E-state index in [0.717, 1.165) is 31.3 Å². The van der Waals surface area contributed by atoms with Gasteiger partial charge >= 0.3 is 0 Å². The van der Waals surface area contributed by atoms with Gasteiger partial charge in [-0.1, -0.05) is 44.4 Å². The molecule has 5 atom stereocenters. The zero-order valence-corrected chi connectivity index (χ0v) is 22.0. The number of nitrogens with zero attached hydrogens (tertiary/aromatic N) is 1. The SMILES string of the molecule is C=C[C@H](NC(=O)C(C)C)C(=O)N1CC[C@H](C=C(C)C)[C@H]1C(=O)NC(CC1CC1)C(O)C(=O)NC1CC1. The summed E-state index contributed by atoms with van der Waals surface area (Å²) in [6, 6.07) is -2.39. The van der Waals surface area contributed by atoms with Crippen LogP contribution in [0.15, 0.2) is 24.3 Å². The van der Waals surface area contributed by atoms with E-state index >= 15 is 0 Å². The number of nitrogens with one attached hydrogen (secondary N) is 3. The summed E-state index contributed by atoms with van der Waals surface area (Å²) in [5.41, 5.74) is 1.03. The molecule has 3 fully saturated rings. The molecule has 0 aromatic carbocycles. The number of likely N-dealkylation sites (tertiary alicyclic amines) is 1. The first-order chi connectivity index (χ1) is 17.0. The maximum absolute atomic E-state index is 13.7. The summed E-state index contributed by atoms with van der Waals surface area (Å²) < 4.78 is 0. The number of rotatable bonds is 12. The zero-order valence-electron chi connectivity index (χ0n) is 22.0. The van der Waals surface area contributed by atoms with E-state index in [1.165, 1.54) is 11.0 Å². The number of amides is 4. The van der Waals surface area contributed by atoms with E-state index in [-0.39, 0.29) is 23.8 Å². The molecule has 4 amide bonds. The van der Waals surface area contributed by atoms with Crippen molar-refractivity contribution in [2.24, 2.45) is 17.8 Å². The second-order valence-electron chi connectivity index (χ2n) is 11.1. The van der Waals surface area contributed by atoms with E-state index in [9.17, 15) is 24.3 Å². The summed E-state index contributed by atoms with van der Waals surface area (Å²) >= 11 is 0. The summed E-state index contributed by atoms with van der Waals surface area (Å²) in [6.07, 6.45) is 6.94. The number of hydrogen-bond donors (Lipinski definition) is 4. The van der Waals surface area contributed by atoms with Gasteiger partial charge in [0.25, 0.3) is 5.91 Å². The zero-order chi connectivity index (χ0) is 26.6. The number of hydrogen-bond acceptors (Lipinski definition) is 5. The number of aliphatic hydroxyl groups is 1. The van der Waals surface area contributed by atoms with Crippen LogP contribution in [0.1, 0.15) is 66.2 Å². The van der Waals surface area contributed by atoms with Gasteiger partial charge in [0.05, 0.1) is 6.04 Å². The van der Waals surface area contributed by atoms with Gasteiger partial charge in [0.2, 0.25) is 17.7 Å². The van der Waals surface area contributed by atoms with Crippen LogP contribution in [0, 0.1) is 17.8 Å². The molecule has 0 spiro atoms. The summed E-state index contributed by atoms with van der Waals surface area (Å²) in [5.74, 6) is -1.69. The lowest BCUT2D eigenvalue weighted by Gasteiger charge is -2.32. The molecule has 4 N–H and O–H groups in total. The number of aliphatic hydroxyl groups excluding tert-OH is 1. The molecular weight excluding hydrogens is 460 g/mol. The lowest BCUT2D eigenvalue weighted by molar-refractivity contribution is -0.142. The molecule has 3 rings (SSSR count). The van der Waals surface area contributed by atoms with E-state index in [0.29, 0.717) is 25.3 Å². The Kier molecular flexibility index (Phi) is 9.33. The van der Waals surface area contributed by atoms with E-state index in [1.807, 2.05) is 19.9 Å². The van der Waals surface area contributed by atoms with Gasteiger partial charge in [0, 0.05) is 24.4 Å². The van der Waals surface area contributed by atoms with Crippen molar-refractivity contribution in [2.75, 3.05) is 6.54 Å². The van der Waals surface area contributed by atoms with E-state index in [2.05, 4.69) is 22.5 Å². The van der Waals surface area contributed by atoms with E-state index < -0.39 is 42.0 Å². The molecule has 0 aromatic heterocycles. The first-order valence-electron chi connectivity index (χ1n) is 13.2. The number of carbonyl (C=O) groups is 4. The molecule has 1 aliphatic heterocycles. The third-order valence-electron chi connectivity index (χ3n) is 7.05. The lowest BCUT2D eigenvalue weighted by Crippen LogP contribution is -2.58. The Hall–Kier alpha value is -2.68. The van der Waals surface area contributed by atoms with Crippen LogP contribution in [-0.4, -0.2) is 70.5 Å². The van der Waals surface area contributed by atoms with Crippen LogP contribution in [0.4, 0.5) is 0 Å². The fourth-order valence-electron chi connectivity index (χ4n) is 4.67. The van der Waals surface area contributed by atoms with Crippen LogP contribution < -0.4 is 16.0 Å². The quantitative estimate of drug-likeness (QED) is 0.300. The van der Waals surface area contributed by atoms with Gasteiger partial charge in [-0.25, -0.2) is 0 Å². The minimum atomic E-state index is -1.35. The molecule has 200 valence electrons. The fourth-order valence-corrected chi connectivity index (χ4v) is 4.67. The molecule has 0 radical (unpaired) electrons. The molecule has 1 heterocycles. The van der Waals surface area contributed by atoms with Gasteiger partial charge in [-0.15, -0.1) is 6.58 Å². The lowest BCUT2D eigenvalue weighted by atomic mass is 9.95. The van der Waals surface area contributed by atoms with Crippen molar-refractivity contribution in [3.05, 3.63) is 24.3 Å². The van der Waals surface area contributed by atoms with E-state index in [4.69, 9.17) is 0 Å². The second-order valence-corrected chi connectivity index (χ2v) is 11.1. The molecule has 2 aliphatic carbocycles. The third kappa shape index (κ3) is 7.41. The van der Waals surface area contributed by atoms with Gasteiger partial charge in [-0.3, -0.25) is 19.2 Å². The van der Waals surface area contributed by atoms with Crippen molar-refractivity contribution in [1.29, 1.82) is 0 Å². The molecule has 9 heteroatoms. The van der Waals surface area contributed by atoms with Crippen LogP contribution in [0.2, 0.25) is 0 Å². The Morgan fingerprint density at radius 1 is 1.03 bits per heavy atom. The molecule has 1 saturated heterocycles. The van der Waals surface area contributed by atoms with Crippen molar-refractivity contribution in [1.82, 2.24) is 20.9 Å². The molecule has 2 unspecified atom stereocenters. The Morgan fingerprint density at radius 2 is 1.69 bits per heavy atom. The van der Waals surface area contributed by atoms with Crippen LogP contribution >= 0.6 is 0 Å². The molecular formula is C27H42N4O5. The molecule has 2 saturated carbocycles. The number of carbonyl (C=O) groups excluding carboxylic acids is 4. The first-order valence-corrected chi connectivity index (χ1v) is 13.2. The summed E-state index contributed by atoms with van der Waals surface area (Å²) in [6.45, 7) is 11.4. The summed E-state index contributed by atoms with van der Waals surface area (Å²) in [5, 5.41) is 19.2. The van der Waals surface area contributed by atoms with Crippen LogP contribution in [0.25, 0.3) is 0 Å². The predicted octanol–water partition coefficient (Wildman–Crippen LogP) is 1.42. The van der Waals surface area contributed by atoms with Crippen molar-refractivity contribution < 1.29 is 24.3 Å². The standard InChI is InChI=1S/C27H42N4O5/c1-6-20(29-24(33)16(4)5)27(36)31-12-11-18(13-15(2)3)22(31)25(34)30-21(14-17-7-8-17)23(32)26(35)28-19-9-10-19/h6,13,16-23,32H,1,7-12,14H2,2-5H3,(H,28,35)(H,29,33)(H,30,34)/t18-,20+,21?,22+,23?/m1/s1. The van der Waals surface area contributed by atoms with Gasteiger partial charge in [-0.05, 0) is 45.4 Å². The summed E-state index contributed by atoms with van der Waals surface area (Å²) in [7, 11) is 0. The van der Waals surface area contributed by atoms with Crippen LogP contribution in [0.3, 0.4) is 0 Å². The predicted molar refractivity (Wildman–Crippen MR) is 136 cm³/mol. The molecule has 0 aromatic rings. The average Bonchev–Trinajstić information content (AvgIpc) is 3.75. The summed E-state index contributed by atoms with van der Waals surface area (Å²) in [4.78, 5) is 53.4. The Bertz CT molecular complexity index is 889. The average molecular weight is 503 g/mol. The van der Waals surface area contributed by atoms with Gasteiger partial charge in [-0.2, -0.15) is 0 Å². The highest BCUT2D eigenvalue weighted by Gasteiger charge is 2.44. The highest BCUT2D eigenvalue weighted by Crippen LogP contribution is 2.35. The first kappa shape index (κ1) is 27.9. The third-order valence-corrected chi connectivity index (χ3v) is 7.05. The maximum Gasteiger partial charge on any atom is 0.251 e. The van der Waals surface area contributed by atoms with Crippen molar-refractivity contribution >= 4 is 23.6 Å². The highest BCUT2D eigenvalue weighted by molar-refractivity contribution is 5.94. The fraction of sp³-hybridized carbons (Fsp3) is 0.704.